The van der Waals surface area contributed by atoms with E-state index in [9.17, 15) is 4.79 Å². The van der Waals surface area contributed by atoms with Gasteiger partial charge in [-0.25, -0.2) is 4.79 Å². The van der Waals surface area contributed by atoms with Crippen LogP contribution < -0.4 is 15.2 Å². The maximum absolute atomic E-state index is 12.6. The Bertz CT molecular complexity index is 900. The molecule has 0 spiro atoms. The van der Waals surface area contributed by atoms with Gasteiger partial charge in [0.05, 0.1) is 5.69 Å². The van der Waals surface area contributed by atoms with Crippen LogP contribution in [0, 0.1) is 5.92 Å². The first-order valence-electron chi connectivity index (χ1n) is 11.1. The molecule has 0 amide bonds. The van der Waals surface area contributed by atoms with Gasteiger partial charge in [-0.1, -0.05) is 19.3 Å². The predicted molar refractivity (Wildman–Crippen MR) is 110 cm³/mol. The van der Waals surface area contributed by atoms with Crippen LogP contribution in [0.5, 0.6) is 11.5 Å². The lowest BCUT2D eigenvalue weighted by molar-refractivity contribution is 0.158. The second kappa shape index (κ2) is 8.22. The van der Waals surface area contributed by atoms with Gasteiger partial charge in [0.2, 0.25) is 0 Å². The highest BCUT2D eigenvalue weighted by Gasteiger charge is 2.27. The number of fused-ring (bicyclic) bond motifs is 1. The number of rotatable bonds is 4. The summed E-state index contributed by atoms with van der Waals surface area (Å²) in [6.07, 6.45) is 9.15. The Morgan fingerprint density at radius 2 is 1.86 bits per heavy atom. The minimum Gasteiger partial charge on any atom is -0.486 e. The number of piperidine rings is 1. The molecule has 3 aliphatic rings. The van der Waals surface area contributed by atoms with Crippen molar-refractivity contribution >= 4 is 0 Å². The summed E-state index contributed by atoms with van der Waals surface area (Å²) in [7, 11) is 0. The minimum atomic E-state index is -0.193. The predicted octanol–water partition coefficient (Wildman–Crippen LogP) is 3.09. The second-order valence-corrected chi connectivity index (χ2v) is 8.66. The Kier molecular flexibility index (Phi) is 5.31. The number of aromatic amines is 1. The fourth-order valence-corrected chi connectivity index (χ4v) is 5.04. The van der Waals surface area contributed by atoms with Gasteiger partial charge in [0.1, 0.15) is 19.0 Å². The molecule has 5 rings (SSSR count). The van der Waals surface area contributed by atoms with Crippen LogP contribution in [0.1, 0.15) is 56.7 Å². The summed E-state index contributed by atoms with van der Waals surface area (Å²) in [6, 6.07) is 5.53. The molecule has 3 heterocycles. The van der Waals surface area contributed by atoms with Gasteiger partial charge < -0.3 is 14.4 Å². The molecule has 156 valence electrons. The molecule has 1 saturated carbocycles. The van der Waals surface area contributed by atoms with Crippen LogP contribution in [-0.2, 0) is 0 Å². The molecule has 1 unspecified atom stereocenters. The van der Waals surface area contributed by atoms with Crippen LogP contribution in [0.4, 0.5) is 0 Å². The number of ether oxygens (including phenoxy) is 2. The van der Waals surface area contributed by atoms with Gasteiger partial charge in [0.15, 0.2) is 11.5 Å². The zero-order chi connectivity index (χ0) is 19.6. The molecular weight excluding hydrogens is 368 g/mol. The highest BCUT2D eigenvalue weighted by Crippen LogP contribution is 2.32. The summed E-state index contributed by atoms with van der Waals surface area (Å²) in [6.45, 7) is 4.43. The molecule has 1 aliphatic carbocycles. The van der Waals surface area contributed by atoms with Crippen molar-refractivity contribution in [1.29, 1.82) is 0 Å². The molecule has 0 radical (unpaired) electrons. The largest absolute Gasteiger partial charge is 0.486 e. The van der Waals surface area contributed by atoms with Crippen LogP contribution >= 0.6 is 0 Å². The third kappa shape index (κ3) is 4.06. The van der Waals surface area contributed by atoms with E-state index in [4.69, 9.17) is 9.47 Å². The first kappa shape index (κ1) is 18.7. The van der Waals surface area contributed by atoms with Gasteiger partial charge in [0, 0.05) is 25.1 Å². The van der Waals surface area contributed by atoms with Crippen LogP contribution in [0.3, 0.4) is 0 Å². The van der Waals surface area contributed by atoms with Gasteiger partial charge in [-0.2, -0.15) is 4.68 Å². The van der Waals surface area contributed by atoms with E-state index < -0.39 is 0 Å². The maximum atomic E-state index is 12.6. The van der Waals surface area contributed by atoms with E-state index in [1.54, 1.807) is 0 Å². The third-order valence-electron chi connectivity index (χ3n) is 6.54. The highest BCUT2D eigenvalue weighted by molar-refractivity contribution is 5.49. The highest BCUT2D eigenvalue weighted by atomic mass is 16.6. The number of aromatic nitrogens is 3. The molecule has 7 nitrogen and oxygen atoms in total. The van der Waals surface area contributed by atoms with Crippen LogP contribution in [-0.4, -0.2) is 52.5 Å². The third-order valence-corrected chi connectivity index (χ3v) is 6.54. The van der Waals surface area contributed by atoms with Crippen molar-refractivity contribution in [3.8, 4) is 17.2 Å². The molecule has 2 fully saturated rings. The summed E-state index contributed by atoms with van der Waals surface area (Å²) in [5.74, 6) is 3.32. The topological polar surface area (TPSA) is 72.4 Å². The van der Waals surface area contributed by atoms with Gasteiger partial charge in [-0.15, -0.1) is 5.10 Å². The number of H-pyrrole nitrogens is 1. The second-order valence-electron chi connectivity index (χ2n) is 8.66. The van der Waals surface area contributed by atoms with Crippen LogP contribution in [0.2, 0.25) is 0 Å². The van der Waals surface area contributed by atoms with Crippen molar-refractivity contribution in [2.45, 2.75) is 50.9 Å². The van der Waals surface area contributed by atoms with E-state index in [2.05, 4.69) is 15.0 Å². The van der Waals surface area contributed by atoms with E-state index in [1.807, 2.05) is 18.2 Å². The van der Waals surface area contributed by atoms with Crippen molar-refractivity contribution in [2.24, 2.45) is 5.92 Å². The van der Waals surface area contributed by atoms with Gasteiger partial charge in [-0.3, -0.25) is 4.98 Å². The van der Waals surface area contributed by atoms with Crippen molar-refractivity contribution in [3.05, 3.63) is 34.5 Å². The molecule has 1 aromatic heterocycles. The smallest absolute Gasteiger partial charge is 0.348 e. The fraction of sp³-hybridized carbons (Fsp3) is 0.636. The van der Waals surface area contributed by atoms with E-state index in [1.165, 1.54) is 49.9 Å². The van der Waals surface area contributed by atoms with E-state index in [-0.39, 0.29) is 5.69 Å². The maximum Gasteiger partial charge on any atom is 0.348 e. The quantitative estimate of drug-likeness (QED) is 0.857. The lowest BCUT2D eigenvalue weighted by Gasteiger charge is -2.35. The van der Waals surface area contributed by atoms with Crippen molar-refractivity contribution in [2.75, 3.05) is 32.8 Å². The van der Waals surface area contributed by atoms with Crippen LogP contribution in [0.15, 0.2) is 23.0 Å². The number of nitrogens with one attached hydrogen (secondary N) is 1. The summed E-state index contributed by atoms with van der Waals surface area (Å²) >= 11 is 0. The monoisotopic (exact) mass is 398 g/mol. The molecule has 1 saturated heterocycles. The minimum absolute atomic E-state index is 0.193. The van der Waals surface area contributed by atoms with E-state index >= 15 is 0 Å². The first-order chi connectivity index (χ1) is 14.3. The number of benzene rings is 1. The fourth-order valence-electron chi connectivity index (χ4n) is 5.04. The Morgan fingerprint density at radius 3 is 2.72 bits per heavy atom. The molecule has 2 aliphatic heterocycles. The summed E-state index contributed by atoms with van der Waals surface area (Å²) in [5.41, 5.74) is 0.512. The first-order valence-corrected chi connectivity index (χ1v) is 11.1. The molecule has 2 aromatic rings. The number of hydrogen-bond donors (Lipinski definition) is 1. The molecule has 1 atom stereocenters. The Labute approximate surface area is 171 Å². The van der Waals surface area contributed by atoms with Gasteiger partial charge >= 0.3 is 5.69 Å². The molecule has 29 heavy (non-hydrogen) atoms. The van der Waals surface area contributed by atoms with Crippen molar-refractivity contribution in [1.82, 2.24) is 19.7 Å². The number of hydrogen-bond acceptors (Lipinski definition) is 5. The average Bonchev–Trinajstić information content (AvgIpc) is 3.16. The van der Waals surface area contributed by atoms with Gasteiger partial charge in [0.25, 0.3) is 0 Å². The summed E-state index contributed by atoms with van der Waals surface area (Å²) in [5, 5.41) is 4.66. The van der Waals surface area contributed by atoms with Crippen molar-refractivity contribution in [3.63, 3.8) is 0 Å². The van der Waals surface area contributed by atoms with Crippen LogP contribution in [0.25, 0.3) is 5.69 Å². The normalized spacial score (nSPS) is 23.2. The average molecular weight is 399 g/mol. The summed E-state index contributed by atoms with van der Waals surface area (Å²) in [4.78, 5) is 18.2. The standard InChI is InChI=1S/C22H30N4O3/c27-22-23-21(17-7-4-10-25(15-17)14-16-5-2-1-3-6-16)24-26(22)18-8-9-19-20(13-18)29-12-11-28-19/h8-9,13,16-17H,1-7,10-12,14-15H2,(H,23,24,27). The van der Waals surface area contributed by atoms with Gasteiger partial charge in [-0.05, 0) is 50.3 Å². The Hall–Kier alpha value is -2.28. The molecule has 1 N–H and O–H groups in total. The molecule has 7 heteroatoms. The number of likely N-dealkylation sites (tertiary alicyclic amines) is 1. The molecule has 1 aromatic carbocycles. The lowest BCUT2D eigenvalue weighted by atomic mass is 9.88. The SMILES string of the molecule is O=c1[nH]c(C2CCCN(CC3CCCCC3)C2)nn1-c1ccc2c(c1)OCCO2. The zero-order valence-electron chi connectivity index (χ0n) is 16.9. The summed E-state index contributed by atoms with van der Waals surface area (Å²) < 4.78 is 12.7. The van der Waals surface area contributed by atoms with Crippen molar-refractivity contribution < 1.29 is 9.47 Å². The molecular formula is C22H30N4O3. The van der Waals surface area contributed by atoms with E-state index in [0.29, 0.717) is 30.6 Å². The van der Waals surface area contributed by atoms with E-state index in [0.717, 1.165) is 36.9 Å². The zero-order valence-corrected chi connectivity index (χ0v) is 16.9. The number of nitrogens with zero attached hydrogens (tertiary/aromatic N) is 3. The Balaban J connectivity index is 1.31. The molecule has 0 bridgehead atoms. The lowest BCUT2D eigenvalue weighted by Crippen LogP contribution is -2.38. The Morgan fingerprint density at radius 1 is 1.03 bits per heavy atom.